The first-order valence-corrected chi connectivity index (χ1v) is 4.60. The lowest BCUT2D eigenvalue weighted by molar-refractivity contribution is 0.363. The van der Waals surface area contributed by atoms with Crippen LogP contribution >= 0.6 is 11.6 Å². The van der Waals surface area contributed by atoms with E-state index in [-0.39, 0.29) is 5.75 Å². The lowest BCUT2D eigenvalue weighted by Gasteiger charge is -2.21. The van der Waals surface area contributed by atoms with E-state index in [0.717, 1.165) is 0 Å². The molecule has 0 spiro atoms. The summed E-state index contributed by atoms with van der Waals surface area (Å²) in [4.78, 5) is 0. The minimum absolute atomic E-state index is 0.0457. The van der Waals surface area contributed by atoms with Crippen molar-refractivity contribution in [2.45, 2.75) is 19.4 Å². The molecule has 1 rings (SSSR count). The number of ether oxygens (including phenoxy) is 1. The fourth-order valence-electron chi connectivity index (χ4n) is 1.22. The van der Waals surface area contributed by atoms with E-state index in [4.69, 9.17) is 22.1 Å². The van der Waals surface area contributed by atoms with Crippen LogP contribution in [0.15, 0.2) is 12.1 Å². The van der Waals surface area contributed by atoms with Gasteiger partial charge < -0.3 is 15.6 Å². The van der Waals surface area contributed by atoms with Crippen molar-refractivity contribution >= 4 is 11.6 Å². The third-order valence-electron chi connectivity index (χ3n) is 1.95. The van der Waals surface area contributed by atoms with Crippen LogP contribution in [0.2, 0.25) is 5.02 Å². The maximum absolute atomic E-state index is 9.79. The number of rotatable bonds is 2. The highest BCUT2D eigenvalue weighted by Crippen LogP contribution is 2.37. The Balaban J connectivity index is 3.37. The molecule has 0 aromatic heterocycles. The molecular weight excluding hydrogens is 202 g/mol. The summed E-state index contributed by atoms with van der Waals surface area (Å²) in [5, 5.41) is 10.3. The van der Waals surface area contributed by atoms with E-state index in [1.807, 2.05) is 0 Å². The van der Waals surface area contributed by atoms with Crippen LogP contribution in [0.5, 0.6) is 11.5 Å². The maximum atomic E-state index is 9.79. The Morgan fingerprint density at radius 1 is 1.43 bits per heavy atom. The molecule has 0 atom stereocenters. The molecule has 0 fully saturated rings. The van der Waals surface area contributed by atoms with Gasteiger partial charge in [-0.15, -0.1) is 0 Å². The number of phenolic OH excluding ortho intramolecular Hbond substituents is 1. The molecule has 3 N–H and O–H groups in total. The molecule has 0 amide bonds. The van der Waals surface area contributed by atoms with Gasteiger partial charge in [0.1, 0.15) is 0 Å². The Bertz CT molecular complexity index is 345. The van der Waals surface area contributed by atoms with Crippen LogP contribution in [-0.2, 0) is 5.54 Å². The van der Waals surface area contributed by atoms with Gasteiger partial charge in [-0.25, -0.2) is 0 Å². The molecule has 0 aliphatic rings. The SMILES string of the molecule is COc1cc(Cl)cc(C(C)(C)N)c1O. The van der Waals surface area contributed by atoms with Gasteiger partial charge in [0.05, 0.1) is 7.11 Å². The molecule has 1 aromatic carbocycles. The summed E-state index contributed by atoms with van der Waals surface area (Å²) in [5.74, 6) is 0.385. The van der Waals surface area contributed by atoms with Crippen molar-refractivity contribution in [3.05, 3.63) is 22.7 Å². The van der Waals surface area contributed by atoms with Gasteiger partial charge in [-0.05, 0) is 19.9 Å². The highest BCUT2D eigenvalue weighted by Gasteiger charge is 2.21. The molecule has 14 heavy (non-hydrogen) atoms. The topological polar surface area (TPSA) is 55.5 Å². The summed E-state index contributed by atoms with van der Waals surface area (Å²) in [6, 6.07) is 3.19. The second kappa shape index (κ2) is 3.67. The van der Waals surface area contributed by atoms with Gasteiger partial charge >= 0.3 is 0 Å². The summed E-state index contributed by atoms with van der Waals surface area (Å²) in [7, 11) is 1.47. The highest BCUT2D eigenvalue weighted by atomic mass is 35.5. The standard InChI is InChI=1S/C10H14ClNO2/c1-10(2,12)7-4-6(11)5-8(14-3)9(7)13/h4-5,13H,12H2,1-3H3. The zero-order valence-electron chi connectivity index (χ0n) is 8.47. The van der Waals surface area contributed by atoms with Gasteiger partial charge in [-0.1, -0.05) is 11.6 Å². The van der Waals surface area contributed by atoms with Crippen LogP contribution in [0.3, 0.4) is 0 Å². The number of hydrogen-bond donors (Lipinski definition) is 2. The van der Waals surface area contributed by atoms with Gasteiger partial charge in [-0.2, -0.15) is 0 Å². The zero-order valence-corrected chi connectivity index (χ0v) is 9.22. The van der Waals surface area contributed by atoms with Crippen LogP contribution in [-0.4, -0.2) is 12.2 Å². The molecule has 0 bridgehead atoms. The largest absolute Gasteiger partial charge is 0.504 e. The van der Waals surface area contributed by atoms with Crippen molar-refractivity contribution < 1.29 is 9.84 Å². The van der Waals surface area contributed by atoms with Crippen LogP contribution in [0, 0.1) is 0 Å². The lowest BCUT2D eigenvalue weighted by Crippen LogP contribution is -2.28. The summed E-state index contributed by atoms with van der Waals surface area (Å²) in [6.45, 7) is 3.58. The Labute approximate surface area is 88.4 Å². The molecule has 0 radical (unpaired) electrons. The Morgan fingerprint density at radius 3 is 2.43 bits per heavy atom. The molecule has 0 unspecified atom stereocenters. The quantitative estimate of drug-likeness (QED) is 0.796. The van der Waals surface area contributed by atoms with E-state index in [9.17, 15) is 5.11 Å². The first kappa shape index (κ1) is 11.1. The third kappa shape index (κ3) is 2.11. The van der Waals surface area contributed by atoms with Crippen molar-refractivity contribution in [3.8, 4) is 11.5 Å². The summed E-state index contributed by atoms with van der Waals surface area (Å²) >= 11 is 5.86. The van der Waals surface area contributed by atoms with Crippen molar-refractivity contribution in [1.82, 2.24) is 0 Å². The summed E-state index contributed by atoms with van der Waals surface area (Å²) < 4.78 is 4.97. The predicted octanol–water partition coefficient (Wildman–Crippen LogP) is 2.25. The number of hydrogen-bond acceptors (Lipinski definition) is 3. The summed E-state index contributed by atoms with van der Waals surface area (Å²) in [5.41, 5.74) is 5.80. The van der Waals surface area contributed by atoms with Crippen LogP contribution in [0.4, 0.5) is 0 Å². The van der Waals surface area contributed by atoms with Gasteiger partial charge in [0, 0.05) is 22.2 Å². The molecule has 0 heterocycles. The molecule has 78 valence electrons. The van der Waals surface area contributed by atoms with Crippen LogP contribution in [0.25, 0.3) is 0 Å². The van der Waals surface area contributed by atoms with E-state index in [0.29, 0.717) is 16.3 Å². The number of nitrogens with two attached hydrogens (primary N) is 1. The fraction of sp³-hybridized carbons (Fsp3) is 0.400. The van der Waals surface area contributed by atoms with Crippen molar-refractivity contribution in [2.24, 2.45) is 5.73 Å². The van der Waals surface area contributed by atoms with E-state index in [1.165, 1.54) is 7.11 Å². The Hall–Kier alpha value is -0.930. The third-order valence-corrected chi connectivity index (χ3v) is 2.17. The van der Waals surface area contributed by atoms with E-state index < -0.39 is 5.54 Å². The average molecular weight is 216 g/mol. The van der Waals surface area contributed by atoms with Crippen molar-refractivity contribution in [3.63, 3.8) is 0 Å². The van der Waals surface area contributed by atoms with E-state index in [2.05, 4.69) is 0 Å². The fourth-order valence-corrected chi connectivity index (χ4v) is 1.43. The molecule has 0 aliphatic carbocycles. The van der Waals surface area contributed by atoms with Gasteiger partial charge in [0.2, 0.25) is 0 Å². The van der Waals surface area contributed by atoms with Crippen LogP contribution < -0.4 is 10.5 Å². The first-order chi connectivity index (χ1) is 6.36. The molecule has 1 aromatic rings. The summed E-state index contributed by atoms with van der Waals surface area (Å²) in [6.07, 6.45) is 0. The van der Waals surface area contributed by atoms with Gasteiger partial charge in [0.15, 0.2) is 11.5 Å². The van der Waals surface area contributed by atoms with Gasteiger partial charge in [-0.3, -0.25) is 0 Å². The Kier molecular flexibility index (Phi) is 2.92. The van der Waals surface area contributed by atoms with Gasteiger partial charge in [0.25, 0.3) is 0 Å². The molecule has 0 saturated heterocycles. The predicted molar refractivity (Wildman–Crippen MR) is 56.9 cm³/mol. The minimum atomic E-state index is -0.651. The lowest BCUT2D eigenvalue weighted by atomic mass is 9.94. The van der Waals surface area contributed by atoms with Crippen molar-refractivity contribution in [2.75, 3.05) is 7.11 Å². The zero-order chi connectivity index (χ0) is 10.9. The Morgan fingerprint density at radius 2 is 2.00 bits per heavy atom. The second-order valence-electron chi connectivity index (χ2n) is 3.73. The average Bonchev–Trinajstić information content (AvgIpc) is 2.06. The molecular formula is C10H14ClNO2. The van der Waals surface area contributed by atoms with E-state index >= 15 is 0 Å². The van der Waals surface area contributed by atoms with Crippen molar-refractivity contribution in [1.29, 1.82) is 0 Å². The molecule has 3 nitrogen and oxygen atoms in total. The first-order valence-electron chi connectivity index (χ1n) is 4.22. The number of benzene rings is 1. The highest BCUT2D eigenvalue weighted by molar-refractivity contribution is 6.30. The monoisotopic (exact) mass is 215 g/mol. The number of halogens is 1. The van der Waals surface area contributed by atoms with Crippen LogP contribution in [0.1, 0.15) is 19.4 Å². The molecule has 0 aliphatic heterocycles. The normalized spacial score (nSPS) is 11.5. The number of methoxy groups -OCH3 is 1. The maximum Gasteiger partial charge on any atom is 0.162 e. The number of aromatic hydroxyl groups is 1. The minimum Gasteiger partial charge on any atom is -0.504 e. The smallest absolute Gasteiger partial charge is 0.162 e. The second-order valence-corrected chi connectivity index (χ2v) is 4.16. The molecule has 0 saturated carbocycles. The number of phenols is 1. The molecule has 4 heteroatoms. The van der Waals surface area contributed by atoms with E-state index in [1.54, 1.807) is 26.0 Å².